The van der Waals surface area contributed by atoms with Crippen LogP contribution in [0, 0.1) is 5.92 Å². The number of hydrogen-bond acceptors (Lipinski definition) is 4. The molecule has 1 unspecified atom stereocenters. The number of piperidine rings is 3. The van der Waals surface area contributed by atoms with Gasteiger partial charge >= 0.3 is 6.18 Å². The molecular weight excluding hydrogens is 331 g/mol. The lowest BCUT2D eigenvalue weighted by atomic mass is 9.86. The molecule has 3 aliphatic heterocycles. The van der Waals surface area contributed by atoms with Gasteiger partial charge in [0.25, 0.3) is 0 Å². The molecule has 2 aromatic rings. The highest BCUT2D eigenvalue weighted by molar-refractivity contribution is 5.59. The fourth-order valence-corrected chi connectivity index (χ4v) is 3.57. The zero-order valence-electron chi connectivity index (χ0n) is 13.5. The van der Waals surface area contributed by atoms with E-state index < -0.39 is 11.7 Å². The predicted octanol–water partition coefficient (Wildman–Crippen LogP) is 3.64. The maximum atomic E-state index is 12.6. The van der Waals surface area contributed by atoms with Gasteiger partial charge in [0.2, 0.25) is 5.88 Å². The molecule has 2 bridgehead atoms. The van der Waals surface area contributed by atoms with Crippen molar-refractivity contribution in [2.45, 2.75) is 25.1 Å². The summed E-state index contributed by atoms with van der Waals surface area (Å²) in [7, 11) is 0. The molecule has 132 valence electrons. The topological polar surface area (TPSA) is 38.2 Å². The van der Waals surface area contributed by atoms with Crippen LogP contribution in [0.1, 0.15) is 18.4 Å². The van der Waals surface area contributed by atoms with Gasteiger partial charge in [0, 0.05) is 18.2 Å². The lowest BCUT2D eigenvalue weighted by Crippen LogP contribution is -2.52. The van der Waals surface area contributed by atoms with Crippen molar-refractivity contribution in [2.75, 3.05) is 19.6 Å². The van der Waals surface area contributed by atoms with Crippen LogP contribution >= 0.6 is 0 Å². The van der Waals surface area contributed by atoms with Crippen molar-refractivity contribution >= 4 is 0 Å². The molecule has 0 saturated carbocycles. The highest BCUT2D eigenvalue weighted by Crippen LogP contribution is 2.32. The molecule has 1 atom stereocenters. The lowest BCUT2D eigenvalue weighted by Gasteiger charge is -2.44. The van der Waals surface area contributed by atoms with Gasteiger partial charge in [-0.1, -0.05) is 12.1 Å². The summed E-state index contributed by atoms with van der Waals surface area (Å²) in [5, 5.41) is 8.19. The third-order valence-corrected chi connectivity index (χ3v) is 5.02. The molecule has 0 N–H and O–H groups in total. The Bertz CT molecular complexity index is 723. The number of benzene rings is 1. The molecule has 7 heteroatoms. The molecule has 3 fully saturated rings. The van der Waals surface area contributed by atoms with E-state index in [4.69, 9.17) is 4.74 Å². The van der Waals surface area contributed by atoms with Crippen molar-refractivity contribution in [1.82, 2.24) is 15.1 Å². The third-order valence-electron chi connectivity index (χ3n) is 5.02. The number of nitrogens with zero attached hydrogens (tertiary/aromatic N) is 3. The van der Waals surface area contributed by atoms with Crippen molar-refractivity contribution < 1.29 is 17.9 Å². The van der Waals surface area contributed by atoms with Crippen LogP contribution < -0.4 is 4.74 Å². The Morgan fingerprint density at radius 1 is 0.960 bits per heavy atom. The second kappa shape index (κ2) is 6.29. The SMILES string of the molecule is FC(F)(F)c1ccc(-c2ccc(OC3CN4CCC3CC4)nn2)cc1. The minimum atomic E-state index is -4.34. The fraction of sp³-hybridized carbons (Fsp3) is 0.444. The first kappa shape index (κ1) is 16.3. The molecule has 1 aromatic heterocycles. The van der Waals surface area contributed by atoms with E-state index in [1.165, 1.54) is 12.1 Å². The second-order valence-electron chi connectivity index (χ2n) is 6.63. The second-order valence-corrected chi connectivity index (χ2v) is 6.63. The zero-order valence-corrected chi connectivity index (χ0v) is 13.5. The number of rotatable bonds is 3. The molecule has 3 aliphatic rings. The number of alkyl halides is 3. The standard InChI is InChI=1S/C18H18F3N3O/c19-18(20,21)14-3-1-12(2-4-14)15-5-6-17(23-22-15)25-16-11-24-9-7-13(16)8-10-24/h1-6,13,16H,7-11H2. The predicted molar refractivity (Wildman–Crippen MR) is 86.1 cm³/mol. The number of fused-ring (bicyclic) bond motifs is 3. The smallest absolute Gasteiger partial charge is 0.416 e. The molecule has 0 spiro atoms. The highest BCUT2D eigenvalue weighted by atomic mass is 19.4. The molecule has 0 amide bonds. The van der Waals surface area contributed by atoms with Crippen molar-refractivity contribution in [2.24, 2.45) is 5.92 Å². The van der Waals surface area contributed by atoms with Gasteiger partial charge in [-0.2, -0.15) is 13.2 Å². The number of hydrogen-bond donors (Lipinski definition) is 0. The Kier molecular flexibility index (Phi) is 4.11. The molecule has 4 heterocycles. The average molecular weight is 349 g/mol. The molecule has 3 saturated heterocycles. The Morgan fingerprint density at radius 2 is 1.68 bits per heavy atom. The summed E-state index contributed by atoms with van der Waals surface area (Å²) in [6.45, 7) is 3.21. The monoisotopic (exact) mass is 349 g/mol. The summed E-state index contributed by atoms with van der Waals surface area (Å²) in [6.07, 6.45) is -1.88. The van der Waals surface area contributed by atoms with Gasteiger partial charge in [-0.05, 0) is 50.0 Å². The highest BCUT2D eigenvalue weighted by Gasteiger charge is 2.35. The van der Waals surface area contributed by atoms with Crippen LogP contribution in [-0.2, 0) is 6.18 Å². The van der Waals surface area contributed by atoms with Crippen LogP contribution in [0.25, 0.3) is 11.3 Å². The third kappa shape index (κ3) is 3.46. The summed E-state index contributed by atoms with van der Waals surface area (Å²) in [4.78, 5) is 2.40. The Hall–Kier alpha value is -2.15. The van der Waals surface area contributed by atoms with Crippen LogP contribution in [-0.4, -0.2) is 40.8 Å². The Balaban J connectivity index is 1.45. The van der Waals surface area contributed by atoms with Gasteiger partial charge < -0.3 is 4.74 Å². The van der Waals surface area contributed by atoms with E-state index in [2.05, 4.69) is 15.1 Å². The molecular formula is C18H18F3N3O. The van der Waals surface area contributed by atoms with Crippen LogP contribution in [0.3, 0.4) is 0 Å². The van der Waals surface area contributed by atoms with Crippen LogP contribution in [0.4, 0.5) is 13.2 Å². The summed E-state index contributed by atoms with van der Waals surface area (Å²) < 4.78 is 43.8. The maximum Gasteiger partial charge on any atom is 0.416 e. The summed E-state index contributed by atoms with van der Waals surface area (Å²) >= 11 is 0. The van der Waals surface area contributed by atoms with Gasteiger partial charge in [0.1, 0.15) is 6.10 Å². The van der Waals surface area contributed by atoms with Gasteiger partial charge in [-0.15, -0.1) is 10.2 Å². The first-order chi connectivity index (χ1) is 12.0. The molecule has 5 rings (SSSR count). The normalized spacial score (nSPS) is 25.8. The fourth-order valence-electron chi connectivity index (χ4n) is 3.57. The average Bonchev–Trinajstić information content (AvgIpc) is 2.63. The van der Waals surface area contributed by atoms with E-state index in [0.717, 1.165) is 44.6 Å². The summed E-state index contributed by atoms with van der Waals surface area (Å²) in [6, 6.07) is 8.37. The van der Waals surface area contributed by atoms with E-state index >= 15 is 0 Å². The van der Waals surface area contributed by atoms with Gasteiger partial charge in [-0.25, -0.2) is 0 Å². The molecule has 4 nitrogen and oxygen atoms in total. The van der Waals surface area contributed by atoms with Crippen molar-refractivity contribution in [3.05, 3.63) is 42.0 Å². The van der Waals surface area contributed by atoms with Crippen LogP contribution in [0.5, 0.6) is 5.88 Å². The molecule has 0 aliphatic carbocycles. The van der Waals surface area contributed by atoms with E-state index in [-0.39, 0.29) is 6.10 Å². The van der Waals surface area contributed by atoms with Crippen molar-refractivity contribution in [3.8, 4) is 17.1 Å². The van der Waals surface area contributed by atoms with E-state index in [1.807, 2.05) is 0 Å². The van der Waals surface area contributed by atoms with E-state index in [0.29, 0.717) is 23.1 Å². The Morgan fingerprint density at radius 3 is 2.20 bits per heavy atom. The van der Waals surface area contributed by atoms with Gasteiger partial charge in [0.05, 0.1) is 11.3 Å². The maximum absolute atomic E-state index is 12.6. The molecule has 0 radical (unpaired) electrons. The minimum absolute atomic E-state index is 0.147. The lowest BCUT2D eigenvalue weighted by molar-refractivity contribution is -0.137. The van der Waals surface area contributed by atoms with Crippen LogP contribution in [0.2, 0.25) is 0 Å². The largest absolute Gasteiger partial charge is 0.472 e. The number of halogens is 3. The van der Waals surface area contributed by atoms with Crippen molar-refractivity contribution in [3.63, 3.8) is 0 Å². The number of ether oxygens (including phenoxy) is 1. The number of aromatic nitrogens is 2. The molecule has 1 aromatic carbocycles. The zero-order chi connectivity index (χ0) is 17.4. The summed E-state index contributed by atoms with van der Waals surface area (Å²) in [5.41, 5.74) is 0.441. The molecule has 25 heavy (non-hydrogen) atoms. The summed E-state index contributed by atoms with van der Waals surface area (Å²) in [5.74, 6) is 1.04. The first-order valence-corrected chi connectivity index (χ1v) is 8.39. The minimum Gasteiger partial charge on any atom is -0.472 e. The van der Waals surface area contributed by atoms with Crippen molar-refractivity contribution in [1.29, 1.82) is 0 Å². The Labute approximate surface area is 143 Å². The van der Waals surface area contributed by atoms with Gasteiger partial charge in [0.15, 0.2) is 0 Å². The van der Waals surface area contributed by atoms with Crippen LogP contribution in [0.15, 0.2) is 36.4 Å². The first-order valence-electron chi connectivity index (χ1n) is 8.39. The van der Waals surface area contributed by atoms with Gasteiger partial charge in [-0.3, -0.25) is 4.90 Å². The van der Waals surface area contributed by atoms with E-state index in [9.17, 15) is 13.2 Å². The quantitative estimate of drug-likeness (QED) is 0.848. The van der Waals surface area contributed by atoms with E-state index in [1.54, 1.807) is 12.1 Å².